The second-order valence-corrected chi connectivity index (χ2v) is 8.66. The number of benzene rings is 1. The van der Waals surface area contributed by atoms with Gasteiger partial charge in [0.05, 0.1) is 6.61 Å². The maximum atomic E-state index is 9.90. The van der Waals surface area contributed by atoms with Gasteiger partial charge in [-0.1, -0.05) is 121 Å². The molecular weight excluding hydrogens is 372 g/mol. The zero-order valence-electron chi connectivity index (χ0n) is 19.7. The van der Waals surface area contributed by atoms with Crippen LogP contribution in [0.15, 0.2) is 30.3 Å². The molecule has 1 rings (SSSR count). The Kier molecular flexibility index (Phi) is 19.0. The van der Waals surface area contributed by atoms with Crippen molar-refractivity contribution in [1.82, 2.24) is 0 Å². The van der Waals surface area contributed by atoms with Crippen LogP contribution in [0.5, 0.6) is 5.75 Å². The van der Waals surface area contributed by atoms with Crippen molar-refractivity contribution in [2.45, 2.75) is 116 Å². The molecule has 0 aliphatic heterocycles. The smallest absolute Gasteiger partial charge is 0.119 e. The molecule has 0 amide bonds. The van der Waals surface area contributed by atoms with Crippen molar-refractivity contribution < 1.29 is 14.6 Å². The standard InChI is InChI=1S/C27H48O3/c1-2-3-4-5-6-7-8-9-10-11-12-13-14-15-16-20-23-29-24-26(28)25-30-27-21-18-17-19-22-27/h17-19,21-22,26,28H,2-16,20,23-25H2,1H3/t26-/m0/s1. The first-order valence-corrected chi connectivity index (χ1v) is 12.8. The molecule has 0 saturated heterocycles. The molecule has 0 aliphatic carbocycles. The molecule has 1 atom stereocenters. The fourth-order valence-corrected chi connectivity index (χ4v) is 3.73. The van der Waals surface area contributed by atoms with Gasteiger partial charge in [0, 0.05) is 6.61 Å². The van der Waals surface area contributed by atoms with Crippen molar-refractivity contribution in [3.05, 3.63) is 30.3 Å². The van der Waals surface area contributed by atoms with Gasteiger partial charge in [-0.15, -0.1) is 0 Å². The van der Waals surface area contributed by atoms with E-state index >= 15 is 0 Å². The Balaban J connectivity index is 1.72. The molecule has 0 bridgehead atoms. The first kappa shape index (κ1) is 27.0. The summed E-state index contributed by atoms with van der Waals surface area (Å²) in [4.78, 5) is 0. The van der Waals surface area contributed by atoms with E-state index in [0.717, 1.165) is 18.8 Å². The Morgan fingerprint density at radius 3 is 1.60 bits per heavy atom. The molecule has 0 radical (unpaired) electrons. The lowest BCUT2D eigenvalue weighted by Crippen LogP contribution is -2.23. The molecule has 0 saturated carbocycles. The van der Waals surface area contributed by atoms with Crippen LogP contribution in [0.25, 0.3) is 0 Å². The van der Waals surface area contributed by atoms with Gasteiger partial charge in [-0.05, 0) is 18.6 Å². The number of hydrogen-bond donors (Lipinski definition) is 1. The van der Waals surface area contributed by atoms with Crippen LogP contribution in [-0.2, 0) is 4.74 Å². The number of para-hydroxylation sites is 1. The fourth-order valence-electron chi connectivity index (χ4n) is 3.73. The highest BCUT2D eigenvalue weighted by molar-refractivity contribution is 5.20. The molecule has 0 aliphatic rings. The first-order valence-electron chi connectivity index (χ1n) is 12.8. The fraction of sp³-hybridized carbons (Fsp3) is 0.778. The highest BCUT2D eigenvalue weighted by Crippen LogP contribution is 2.14. The van der Waals surface area contributed by atoms with Gasteiger partial charge >= 0.3 is 0 Å². The summed E-state index contributed by atoms with van der Waals surface area (Å²) in [5.74, 6) is 0.786. The summed E-state index contributed by atoms with van der Waals surface area (Å²) in [5, 5.41) is 9.90. The molecule has 0 heterocycles. The van der Waals surface area contributed by atoms with E-state index in [9.17, 15) is 5.11 Å². The van der Waals surface area contributed by atoms with Crippen LogP contribution in [0.3, 0.4) is 0 Å². The summed E-state index contributed by atoms with van der Waals surface area (Å²) in [5.41, 5.74) is 0. The van der Waals surface area contributed by atoms with E-state index in [1.165, 1.54) is 96.3 Å². The maximum Gasteiger partial charge on any atom is 0.119 e. The molecule has 1 aromatic rings. The topological polar surface area (TPSA) is 38.7 Å². The largest absolute Gasteiger partial charge is 0.491 e. The third kappa shape index (κ3) is 17.8. The van der Waals surface area contributed by atoms with Gasteiger partial charge in [-0.25, -0.2) is 0 Å². The van der Waals surface area contributed by atoms with Crippen LogP contribution in [0.1, 0.15) is 110 Å². The Morgan fingerprint density at radius 1 is 0.633 bits per heavy atom. The summed E-state index contributed by atoms with van der Waals surface area (Å²) in [6.07, 6.45) is 21.5. The molecule has 0 unspecified atom stereocenters. The molecule has 0 fully saturated rings. The van der Waals surface area contributed by atoms with E-state index in [2.05, 4.69) is 6.92 Å². The molecule has 0 spiro atoms. The van der Waals surface area contributed by atoms with Gasteiger partial charge in [0.25, 0.3) is 0 Å². The van der Waals surface area contributed by atoms with Crippen LogP contribution in [-0.4, -0.2) is 31.0 Å². The van der Waals surface area contributed by atoms with Crippen LogP contribution >= 0.6 is 0 Å². The monoisotopic (exact) mass is 420 g/mol. The Hall–Kier alpha value is -1.06. The lowest BCUT2D eigenvalue weighted by Gasteiger charge is -2.12. The lowest BCUT2D eigenvalue weighted by atomic mass is 10.0. The average Bonchev–Trinajstić information content (AvgIpc) is 2.77. The van der Waals surface area contributed by atoms with Gasteiger partial charge < -0.3 is 14.6 Å². The Bertz CT molecular complexity index is 449. The number of unbranched alkanes of at least 4 members (excludes halogenated alkanes) is 15. The van der Waals surface area contributed by atoms with E-state index < -0.39 is 6.10 Å². The van der Waals surface area contributed by atoms with Crippen molar-refractivity contribution in [1.29, 1.82) is 0 Å². The zero-order chi connectivity index (χ0) is 21.5. The molecule has 1 aromatic carbocycles. The molecule has 0 aromatic heterocycles. The predicted octanol–water partition coefficient (Wildman–Crippen LogP) is 7.70. The van der Waals surface area contributed by atoms with Crippen molar-refractivity contribution in [3.63, 3.8) is 0 Å². The van der Waals surface area contributed by atoms with Gasteiger partial charge in [0.15, 0.2) is 0 Å². The van der Waals surface area contributed by atoms with E-state index in [1.54, 1.807) is 0 Å². The zero-order valence-corrected chi connectivity index (χ0v) is 19.7. The summed E-state index contributed by atoms with van der Waals surface area (Å²) < 4.78 is 11.1. The molecule has 1 N–H and O–H groups in total. The summed E-state index contributed by atoms with van der Waals surface area (Å²) >= 11 is 0. The SMILES string of the molecule is CCCCCCCCCCCCCCCCCCOC[C@H](O)COc1ccccc1. The third-order valence-electron chi connectivity index (χ3n) is 5.64. The maximum absolute atomic E-state index is 9.90. The van der Waals surface area contributed by atoms with E-state index in [0.29, 0.717) is 6.61 Å². The van der Waals surface area contributed by atoms with Gasteiger partial charge in [0.2, 0.25) is 0 Å². The first-order chi connectivity index (χ1) is 14.8. The van der Waals surface area contributed by atoms with Gasteiger partial charge in [-0.2, -0.15) is 0 Å². The number of aliphatic hydroxyl groups is 1. The van der Waals surface area contributed by atoms with Crippen molar-refractivity contribution >= 4 is 0 Å². The highest BCUT2D eigenvalue weighted by Gasteiger charge is 2.05. The minimum absolute atomic E-state index is 0.281. The van der Waals surface area contributed by atoms with Crippen molar-refractivity contribution in [2.75, 3.05) is 19.8 Å². The predicted molar refractivity (Wildman–Crippen MR) is 128 cm³/mol. The summed E-state index contributed by atoms with van der Waals surface area (Å²) in [6, 6.07) is 9.59. The second kappa shape index (κ2) is 21.2. The third-order valence-corrected chi connectivity index (χ3v) is 5.64. The lowest BCUT2D eigenvalue weighted by molar-refractivity contribution is 0.0110. The summed E-state index contributed by atoms with van der Waals surface area (Å²) in [6.45, 7) is 3.65. The van der Waals surface area contributed by atoms with Crippen LogP contribution in [0.4, 0.5) is 0 Å². The molecule has 174 valence electrons. The number of aliphatic hydroxyl groups excluding tert-OH is 1. The quantitative estimate of drug-likeness (QED) is 0.195. The second-order valence-electron chi connectivity index (χ2n) is 8.66. The van der Waals surface area contributed by atoms with Gasteiger partial charge in [0.1, 0.15) is 18.5 Å². The normalized spacial score (nSPS) is 12.2. The van der Waals surface area contributed by atoms with Crippen molar-refractivity contribution in [3.8, 4) is 5.75 Å². The molecular formula is C27H48O3. The average molecular weight is 421 g/mol. The van der Waals surface area contributed by atoms with Crippen LogP contribution in [0, 0.1) is 0 Å². The Labute approximate surface area is 186 Å². The number of hydrogen-bond acceptors (Lipinski definition) is 3. The van der Waals surface area contributed by atoms with Crippen LogP contribution < -0.4 is 4.74 Å². The summed E-state index contributed by atoms with van der Waals surface area (Å²) in [7, 11) is 0. The van der Waals surface area contributed by atoms with Crippen LogP contribution in [0.2, 0.25) is 0 Å². The van der Waals surface area contributed by atoms with Crippen molar-refractivity contribution in [2.24, 2.45) is 0 Å². The molecule has 3 nitrogen and oxygen atoms in total. The number of ether oxygens (including phenoxy) is 2. The molecule has 3 heteroatoms. The molecule has 30 heavy (non-hydrogen) atoms. The van der Waals surface area contributed by atoms with E-state index in [4.69, 9.17) is 9.47 Å². The van der Waals surface area contributed by atoms with Gasteiger partial charge in [-0.3, -0.25) is 0 Å². The van der Waals surface area contributed by atoms with E-state index in [-0.39, 0.29) is 6.61 Å². The minimum atomic E-state index is -0.564. The van der Waals surface area contributed by atoms with E-state index in [1.807, 2.05) is 30.3 Å². The minimum Gasteiger partial charge on any atom is -0.491 e. The highest BCUT2D eigenvalue weighted by atomic mass is 16.5. The number of rotatable bonds is 22. The Morgan fingerprint density at radius 2 is 1.10 bits per heavy atom.